The second-order valence-corrected chi connectivity index (χ2v) is 8.68. The van der Waals surface area contributed by atoms with Crippen molar-refractivity contribution in [3.8, 4) is 5.75 Å². The van der Waals surface area contributed by atoms with Gasteiger partial charge in [-0.1, -0.05) is 17.7 Å². The van der Waals surface area contributed by atoms with Crippen molar-refractivity contribution in [3.05, 3.63) is 70.4 Å². The van der Waals surface area contributed by atoms with Crippen LogP contribution in [0.4, 0.5) is 15.9 Å². The van der Waals surface area contributed by atoms with Gasteiger partial charge in [-0.15, -0.1) is 0 Å². The second-order valence-electron chi connectivity index (χ2n) is 7.74. The Hall–Kier alpha value is -4.00. The zero-order valence-electron chi connectivity index (χ0n) is 19.4. The van der Waals surface area contributed by atoms with Crippen LogP contribution >= 0.6 is 35.0 Å². The highest BCUT2D eigenvalue weighted by Crippen LogP contribution is 2.28. The van der Waals surface area contributed by atoms with Crippen LogP contribution in [0.2, 0.25) is 5.02 Å². The van der Waals surface area contributed by atoms with Crippen molar-refractivity contribution in [3.63, 3.8) is 0 Å². The van der Waals surface area contributed by atoms with E-state index in [1.54, 1.807) is 19.2 Å². The quantitative estimate of drug-likeness (QED) is 0.237. The van der Waals surface area contributed by atoms with Gasteiger partial charge in [-0.3, -0.25) is 23.9 Å². The Balaban J connectivity index is 0.000000257. The van der Waals surface area contributed by atoms with Crippen molar-refractivity contribution in [1.82, 2.24) is 25.1 Å². The average Bonchev–Trinajstić information content (AvgIpc) is 3.24. The Kier molecular flexibility index (Phi) is 8.25. The Morgan fingerprint density at radius 3 is 2.71 bits per heavy atom. The van der Waals surface area contributed by atoms with E-state index in [1.807, 2.05) is 6.07 Å². The number of carbonyl (C=O) groups is 3. The van der Waals surface area contributed by atoms with Gasteiger partial charge < -0.3 is 15.4 Å². The van der Waals surface area contributed by atoms with Crippen LogP contribution < -0.4 is 20.2 Å². The fourth-order valence-corrected chi connectivity index (χ4v) is 3.89. The van der Waals surface area contributed by atoms with Crippen LogP contribution in [0.3, 0.4) is 0 Å². The minimum Gasteiger partial charge on any atom is -0.482 e. The normalized spacial score (nSPS) is 12.0. The van der Waals surface area contributed by atoms with Crippen molar-refractivity contribution in [2.24, 2.45) is 7.05 Å². The Morgan fingerprint density at radius 1 is 1.21 bits per heavy atom. The molecule has 5 rings (SSSR count). The summed E-state index contributed by atoms with van der Waals surface area (Å²) in [4.78, 5) is 45.2. The molecule has 0 bridgehead atoms. The van der Waals surface area contributed by atoms with Crippen molar-refractivity contribution in [2.75, 3.05) is 16.8 Å². The van der Waals surface area contributed by atoms with E-state index in [-0.39, 0.29) is 41.2 Å². The molecule has 1 aliphatic heterocycles. The van der Waals surface area contributed by atoms with Crippen LogP contribution in [0.5, 0.6) is 5.75 Å². The van der Waals surface area contributed by atoms with Crippen molar-refractivity contribution >= 4 is 74.6 Å². The number of hydrogen-bond acceptors (Lipinski definition) is 8. The van der Waals surface area contributed by atoms with Gasteiger partial charge in [0.15, 0.2) is 18.1 Å². The van der Waals surface area contributed by atoms with E-state index in [4.69, 9.17) is 39.7 Å². The lowest BCUT2D eigenvalue weighted by atomic mass is 10.1. The summed E-state index contributed by atoms with van der Waals surface area (Å²) in [6.45, 7) is 0.239. The molecule has 3 N–H and O–H groups in total. The third kappa shape index (κ3) is 5.93. The van der Waals surface area contributed by atoms with Crippen molar-refractivity contribution < 1.29 is 23.5 Å². The molecule has 0 radical (unpaired) electrons. The molecule has 196 valence electrons. The molecule has 3 heterocycles. The topological polar surface area (TPSA) is 140 Å². The lowest BCUT2D eigenvalue weighted by Gasteiger charge is -2.18. The number of fused-ring (bicyclic) bond motifs is 2. The second kappa shape index (κ2) is 11.6. The molecule has 2 aromatic carbocycles. The molecule has 0 saturated carbocycles. The third-order valence-corrected chi connectivity index (χ3v) is 5.89. The number of aromatic nitrogens is 4. The predicted octanol–water partition coefficient (Wildman–Crippen LogP) is 4.05. The van der Waals surface area contributed by atoms with E-state index in [1.165, 1.54) is 23.1 Å². The average molecular weight is 581 g/mol. The molecular formula is C23H17Cl3FN7O4. The van der Waals surface area contributed by atoms with Gasteiger partial charge >= 0.3 is 0 Å². The number of nitrogens with one attached hydrogen (secondary N) is 3. The van der Waals surface area contributed by atoms with E-state index in [0.717, 1.165) is 11.6 Å². The maximum atomic E-state index is 12.6. The van der Waals surface area contributed by atoms with Gasteiger partial charge in [-0.25, -0.2) is 14.4 Å². The summed E-state index contributed by atoms with van der Waals surface area (Å²) >= 11 is 16.1. The highest BCUT2D eigenvalue weighted by molar-refractivity contribution is 6.67. The number of carbonyl (C=O) groups excluding carboxylic acids is 3. The molecule has 15 heteroatoms. The van der Waals surface area contributed by atoms with Gasteiger partial charge in [0.1, 0.15) is 28.9 Å². The van der Waals surface area contributed by atoms with Gasteiger partial charge in [-0.2, -0.15) is 5.10 Å². The number of anilines is 2. The minimum absolute atomic E-state index is 0.00333. The fraction of sp³-hybridized carbons (Fsp3) is 0.130. The lowest BCUT2D eigenvalue weighted by molar-refractivity contribution is -0.118. The van der Waals surface area contributed by atoms with Crippen LogP contribution in [0.25, 0.3) is 11.0 Å². The van der Waals surface area contributed by atoms with Gasteiger partial charge in [0.25, 0.3) is 17.1 Å². The highest BCUT2D eigenvalue weighted by atomic mass is 35.5. The lowest BCUT2D eigenvalue weighted by Crippen LogP contribution is -2.26. The van der Waals surface area contributed by atoms with Gasteiger partial charge in [0.2, 0.25) is 0 Å². The standard InChI is InChI=1S/C16H14ClN7O3.C7H3Cl2FO/c1-24-14-12(15(22-17)23-24)19-7-20-13(14)16(26)18-5-8-2-3-10-9(4-8)21-11(25)6-27-10;8-5-3-4(7(9)11)1-2-6(5)10/h2-4,7H,5-6H2,1H3,(H,18,26)(H,21,25)(H,22,23);1-3H. The molecule has 0 unspecified atom stereocenters. The molecule has 0 spiro atoms. The Morgan fingerprint density at radius 2 is 2.00 bits per heavy atom. The molecule has 0 atom stereocenters. The molecule has 0 aliphatic carbocycles. The monoisotopic (exact) mass is 579 g/mol. The number of halogens is 4. The molecule has 4 aromatic rings. The number of rotatable bonds is 5. The van der Waals surface area contributed by atoms with Gasteiger partial charge in [0.05, 0.1) is 10.7 Å². The van der Waals surface area contributed by atoms with Crippen LogP contribution in [0.1, 0.15) is 26.4 Å². The number of amides is 2. The number of hydrogen-bond donors (Lipinski definition) is 3. The van der Waals surface area contributed by atoms with Crippen LogP contribution in [-0.4, -0.2) is 43.4 Å². The largest absolute Gasteiger partial charge is 0.482 e. The zero-order valence-corrected chi connectivity index (χ0v) is 21.7. The van der Waals surface area contributed by atoms with E-state index < -0.39 is 11.1 Å². The third-order valence-electron chi connectivity index (χ3n) is 5.20. The fourth-order valence-electron chi connectivity index (χ4n) is 3.46. The molecule has 0 saturated heterocycles. The summed E-state index contributed by atoms with van der Waals surface area (Å²) in [6, 6.07) is 8.87. The van der Waals surface area contributed by atoms with E-state index in [0.29, 0.717) is 28.3 Å². The molecule has 1 aliphatic rings. The molecule has 11 nitrogen and oxygen atoms in total. The van der Waals surface area contributed by atoms with Gasteiger partial charge in [0, 0.05) is 30.9 Å². The van der Waals surface area contributed by atoms with E-state index >= 15 is 0 Å². The SMILES string of the molecule is Cn1nc(NCl)c2ncnc(C(=O)NCc3ccc4c(c3)NC(=O)CO4)c21.O=C(Cl)c1ccc(F)c(Cl)c1. The number of benzene rings is 2. The summed E-state index contributed by atoms with van der Waals surface area (Å²) < 4.78 is 19.3. The molecule has 38 heavy (non-hydrogen) atoms. The first kappa shape index (κ1) is 27.0. The number of aryl methyl sites for hydroxylation is 1. The minimum atomic E-state index is -0.646. The Labute approximate surface area is 229 Å². The molecular weight excluding hydrogens is 564 g/mol. The summed E-state index contributed by atoms with van der Waals surface area (Å²) in [5.74, 6) is -0.223. The van der Waals surface area contributed by atoms with Crippen LogP contribution in [0.15, 0.2) is 42.7 Å². The van der Waals surface area contributed by atoms with Crippen LogP contribution in [0, 0.1) is 5.82 Å². The number of ether oxygens (including phenoxy) is 1. The summed E-state index contributed by atoms with van der Waals surface area (Å²) in [5, 5.41) is 8.95. The van der Waals surface area contributed by atoms with Gasteiger partial charge in [-0.05, 0) is 47.5 Å². The van der Waals surface area contributed by atoms with Crippen molar-refractivity contribution in [1.29, 1.82) is 0 Å². The van der Waals surface area contributed by atoms with E-state index in [9.17, 15) is 18.8 Å². The number of nitrogens with zero attached hydrogens (tertiary/aromatic N) is 4. The summed E-state index contributed by atoms with van der Waals surface area (Å²) in [7, 11) is 1.67. The summed E-state index contributed by atoms with van der Waals surface area (Å²) in [5.41, 5.74) is 2.66. The van der Waals surface area contributed by atoms with Crippen molar-refractivity contribution in [2.45, 2.75) is 6.54 Å². The highest BCUT2D eigenvalue weighted by Gasteiger charge is 2.20. The predicted molar refractivity (Wildman–Crippen MR) is 139 cm³/mol. The van der Waals surface area contributed by atoms with E-state index in [2.05, 4.69) is 30.5 Å². The zero-order chi connectivity index (χ0) is 27.4. The maximum Gasteiger partial charge on any atom is 0.272 e. The first-order valence-corrected chi connectivity index (χ1v) is 11.8. The summed E-state index contributed by atoms with van der Waals surface area (Å²) in [6.07, 6.45) is 1.28. The molecule has 2 amide bonds. The first-order valence-electron chi connectivity index (χ1n) is 10.7. The first-order chi connectivity index (χ1) is 18.2. The van der Waals surface area contributed by atoms with Crippen LogP contribution in [-0.2, 0) is 18.4 Å². The smallest absolute Gasteiger partial charge is 0.272 e. The molecule has 2 aromatic heterocycles. The maximum absolute atomic E-state index is 12.6. The Bertz CT molecular complexity index is 1560. The molecule has 0 fully saturated rings.